The number of amides is 1. The molecule has 0 radical (unpaired) electrons. The van der Waals surface area contributed by atoms with Crippen LogP contribution in [0.5, 0.6) is 0 Å². The van der Waals surface area contributed by atoms with Gasteiger partial charge in [-0.25, -0.2) is 4.98 Å². The minimum atomic E-state index is -0.0956. The van der Waals surface area contributed by atoms with Gasteiger partial charge in [0.1, 0.15) is 16.5 Å². The molecule has 0 saturated carbocycles. The lowest BCUT2D eigenvalue weighted by Crippen LogP contribution is -2.39. The average Bonchev–Trinajstić information content (AvgIpc) is 3.59. The summed E-state index contributed by atoms with van der Waals surface area (Å²) in [5.74, 6) is 1.42. The molecule has 0 bridgehead atoms. The van der Waals surface area contributed by atoms with Crippen LogP contribution in [0.1, 0.15) is 59.5 Å². The highest BCUT2D eigenvalue weighted by Crippen LogP contribution is 2.27. The van der Waals surface area contributed by atoms with Crippen molar-refractivity contribution in [1.29, 1.82) is 0 Å². The summed E-state index contributed by atoms with van der Waals surface area (Å²) in [5, 5.41) is 15.6. The summed E-state index contributed by atoms with van der Waals surface area (Å²) in [6.07, 6.45) is 5.55. The van der Waals surface area contributed by atoms with Crippen molar-refractivity contribution in [2.45, 2.75) is 56.0 Å². The topological polar surface area (TPSA) is 75.9 Å². The molecule has 1 amide bonds. The van der Waals surface area contributed by atoms with Crippen LogP contribution >= 0.6 is 23.1 Å². The lowest BCUT2D eigenvalue weighted by Gasteiger charge is -2.33. The first-order valence-electron chi connectivity index (χ1n) is 13.3. The number of carbonyl (C=O) groups excluding carboxylic acids is 1. The molecule has 0 aliphatic carbocycles. The summed E-state index contributed by atoms with van der Waals surface area (Å²) in [5.41, 5.74) is 2.71. The number of rotatable bonds is 11. The molecule has 3 heterocycles. The fraction of sp³-hybridized carbons (Fsp3) is 0.379. The average molecular weight is 547 g/mol. The molecule has 2 aromatic heterocycles. The number of hydrogen-bond acceptors (Lipinski definition) is 7. The third-order valence-electron chi connectivity index (χ3n) is 6.88. The highest BCUT2D eigenvalue weighted by Gasteiger charge is 2.19. The molecule has 38 heavy (non-hydrogen) atoms. The summed E-state index contributed by atoms with van der Waals surface area (Å²) in [4.78, 5) is 19.8. The maximum absolute atomic E-state index is 12.6. The Hall–Kier alpha value is -3.01. The van der Waals surface area contributed by atoms with Crippen LogP contribution in [0.2, 0.25) is 0 Å². The summed E-state index contributed by atoms with van der Waals surface area (Å²) in [6, 6.07) is 21.2. The van der Waals surface area contributed by atoms with Crippen molar-refractivity contribution in [2.24, 2.45) is 0 Å². The molecule has 1 aliphatic heterocycles. The van der Waals surface area contributed by atoms with Gasteiger partial charge in [-0.3, -0.25) is 9.36 Å². The number of benzene rings is 2. The molecule has 1 atom stereocenters. The molecule has 198 valence electrons. The largest absolute Gasteiger partial charge is 0.351 e. The second-order valence-electron chi connectivity index (χ2n) is 9.64. The van der Waals surface area contributed by atoms with Gasteiger partial charge >= 0.3 is 0 Å². The Morgan fingerprint density at radius 2 is 1.87 bits per heavy atom. The molecule has 7 nitrogen and oxygen atoms in total. The third kappa shape index (κ3) is 6.89. The van der Waals surface area contributed by atoms with Gasteiger partial charge in [0.15, 0.2) is 5.16 Å². The smallest absolute Gasteiger partial charge is 0.270 e. The molecular weight excluding hydrogens is 512 g/mol. The fourth-order valence-electron chi connectivity index (χ4n) is 4.80. The number of thiazole rings is 1. The fourth-order valence-corrected chi connectivity index (χ4v) is 6.56. The monoisotopic (exact) mass is 546 g/mol. The van der Waals surface area contributed by atoms with Gasteiger partial charge in [-0.2, -0.15) is 0 Å². The van der Waals surface area contributed by atoms with Crippen LogP contribution in [-0.4, -0.2) is 56.2 Å². The second kappa shape index (κ2) is 13.2. The number of nitrogens with zero attached hydrogens (tertiary/aromatic N) is 5. The van der Waals surface area contributed by atoms with Crippen molar-refractivity contribution >= 4 is 29.0 Å². The lowest BCUT2D eigenvalue weighted by molar-refractivity contribution is 0.0944. The van der Waals surface area contributed by atoms with E-state index in [0.717, 1.165) is 34.6 Å². The number of nitrogens with one attached hydrogen (secondary N) is 1. The third-order valence-corrected chi connectivity index (χ3v) is 8.85. The van der Waals surface area contributed by atoms with E-state index in [1.807, 2.05) is 41.8 Å². The first-order valence-corrected chi connectivity index (χ1v) is 15.2. The summed E-state index contributed by atoms with van der Waals surface area (Å²) >= 11 is 3.10. The molecule has 1 saturated heterocycles. The Morgan fingerprint density at radius 1 is 1.08 bits per heavy atom. The number of para-hydroxylation sites is 1. The Morgan fingerprint density at radius 3 is 2.66 bits per heavy atom. The molecule has 0 spiro atoms. The Labute approximate surface area is 232 Å². The normalized spacial score (nSPS) is 16.0. The van der Waals surface area contributed by atoms with Gasteiger partial charge in [-0.1, -0.05) is 66.7 Å². The van der Waals surface area contributed by atoms with Crippen molar-refractivity contribution in [3.8, 4) is 5.69 Å². The first-order chi connectivity index (χ1) is 18.7. The molecule has 1 fully saturated rings. The number of hydrogen-bond donors (Lipinski definition) is 1. The van der Waals surface area contributed by atoms with Gasteiger partial charge < -0.3 is 10.2 Å². The zero-order valence-corrected chi connectivity index (χ0v) is 23.4. The van der Waals surface area contributed by atoms with E-state index >= 15 is 0 Å². The van der Waals surface area contributed by atoms with E-state index in [-0.39, 0.29) is 5.91 Å². The van der Waals surface area contributed by atoms with Crippen molar-refractivity contribution in [1.82, 2.24) is 30.0 Å². The minimum absolute atomic E-state index is 0.0956. The van der Waals surface area contributed by atoms with E-state index in [4.69, 9.17) is 0 Å². The van der Waals surface area contributed by atoms with Crippen molar-refractivity contribution in [3.05, 3.63) is 88.1 Å². The molecule has 1 N–H and O–H groups in total. The predicted molar refractivity (Wildman–Crippen MR) is 154 cm³/mol. The number of piperidine rings is 1. The predicted octanol–water partition coefficient (Wildman–Crippen LogP) is 5.60. The van der Waals surface area contributed by atoms with Crippen LogP contribution in [0.3, 0.4) is 0 Å². The summed E-state index contributed by atoms with van der Waals surface area (Å²) < 4.78 is 2.11. The highest BCUT2D eigenvalue weighted by molar-refractivity contribution is 7.98. The van der Waals surface area contributed by atoms with E-state index in [9.17, 15) is 4.79 Å². The van der Waals surface area contributed by atoms with Crippen LogP contribution < -0.4 is 5.32 Å². The molecule has 4 aromatic rings. The van der Waals surface area contributed by atoms with Crippen LogP contribution in [0.15, 0.2) is 71.2 Å². The second-order valence-corrected chi connectivity index (χ2v) is 11.5. The number of carbonyl (C=O) groups is 1. The van der Waals surface area contributed by atoms with Gasteiger partial charge in [0.25, 0.3) is 5.91 Å². The Balaban J connectivity index is 1.18. The molecule has 1 aliphatic rings. The van der Waals surface area contributed by atoms with Crippen molar-refractivity contribution < 1.29 is 4.79 Å². The van der Waals surface area contributed by atoms with E-state index in [1.165, 1.54) is 42.7 Å². The van der Waals surface area contributed by atoms with Crippen molar-refractivity contribution in [3.63, 3.8) is 0 Å². The quantitative estimate of drug-likeness (QED) is 0.195. The zero-order valence-electron chi connectivity index (χ0n) is 21.8. The van der Waals surface area contributed by atoms with E-state index in [2.05, 4.69) is 61.2 Å². The maximum atomic E-state index is 12.6. The van der Waals surface area contributed by atoms with Gasteiger partial charge in [0.2, 0.25) is 0 Å². The van der Waals surface area contributed by atoms with Crippen LogP contribution in [0, 0.1) is 0 Å². The van der Waals surface area contributed by atoms with Gasteiger partial charge in [0, 0.05) is 36.6 Å². The zero-order chi connectivity index (χ0) is 26.2. The Kier molecular flexibility index (Phi) is 9.22. The highest BCUT2D eigenvalue weighted by atomic mass is 32.2. The molecule has 1 unspecified atom stereocenters. The Bertz CT molecular complexity index is 1310. The first kappa shape index (κ1) is 26.6. The van der Waals surface area contributed by atoms with E-state index < -0.39 is 0 Å². The van der Waals surface area contributed by atoms with E-state index in [0.29, 0.717) is 30.5 Å². The number of aromatic nitrogens is 4. The molecule has 2 aromatic carbocycles. The van der Waals surface area contributed by atoms with Crippen molar-refractivity contribution in [2.75, 3.05) is 19.6 Å². The SMILES string of the molecule is CC1CCCCN1CCCNC(=O)c1csc(CSc2nnc(Cc3ccccc3)n2-c2ccccc2)n1. The van der Waals surface area contributed by atoms with Crippen LogP contribution in [0.4, 0.5) is 0 Å². The lowest BCUT2D eigenvalue weighted by atomic mass is 10.0. The van der Waals surface area contributed by atoms with Crippen LogP contribution in [0.25, 0.3) is 5.69 Å². The molecule has 5 rings (SSSR count). The van der Waals surface area contributed by atoms with Gasteiger partial charge in [-0.05, 0) is 50.4 Å². The molecular formula is C29H34N6OS2. The van der Waals surface area contributed by atoms with Gasteiger partial charge in [0.05, 0.1) is 5.75 Å². The standard InChI is InChI=1S/C29H34N6OS2/c1-22-11-8-9-17-34(22)18-10-16-30-28(36)25-20-37-27(31-25)21-38-29-33-32-26(19-23-12-4-2-5-13-23)35(29)24-14-6-3-7-15-24/h2-7,12-15,20,22H,8-11,16-19,21H2,1H3,(H,30,36). The minimum Gasteiger partial charge on any atom is -0.351 e. The number of thioether (sulfide) groups is 1. The summed E-state index contributed by atoms with van der Waals surface area (Å²) in [6.45, 7) is 5.19. The van der Waals surface area contributed by atoms with E-state index in [1.54, 1.807) is 11.8 Å². The summed E-state index contributed by atoms with van der Waals surface area (Å²) in [7, 11) is 0. The maximum Gasteiger partial charge on any atom is 0.270 e. The van der Waals surface area contributed by atoms with Gasteiger partial charge in [-0.15, -0.1) is 21.5 Å². The van der Waals surface area contributed by atoms with Crippen LogP contribution in [-0.2, 0) is 12.2 Å². The molecule has 9 heteroatoms. The number of likely N-dealkylation sites (tertiary alicyclic amines) is 1.